The summed E-state index contributed by atoms with van der Waals surface area (Å²) in [7, 11) is 0. The molecule has 0 saturated carbocycles. The minimum atomic E-state index is -0.171. The Morgan fingerprint density at radius 3 is 2.70 bits per heavy atom. The zero-order chi connectivity index (χ0) is 16.6. The van der Waals surface area contributed by atoms with Crippen LogP contribution in [0.25, 0.3) is 11.4 Å². The highest BCUT2D eigenvalue weighted by atomic mass is 32.2. The molecule has 0 atom stereocenters. The number of rotatable bonds is 4. The minimum Gasteiger partial charge on any atom is -0.469 e. The summed E-state index contributed by atoms with van der Waals surface area (Å²) >= 11 is 1.40. The third-order valence-corrected chi connectivity index (χ3v) is 4.14. The molecular formula is C14H18N6O2S. The van der Waals surface area contributed by atoms with Gasteiger partial charge in [0.15, 0.2) is 11.6 Å². The van der Waals surface area contributed by atoms with Crippen molar-refractivity contribution in [3.8, 4) is 11.4 Å². The number of aryl methyl sites for hydroxylation is 1. The van der Waals surface area contributed by atoms with Crippen molar-refractivity contribution >= 4 is 11.8 Å². The molecule has 122 valence electrons. The molecule has 23 heavy (non-hydrogen) atoms. The number of nitrogen functional groups attached to an aromatic ring is 1. The highest BCUT2D eigenvalue weighted by Crippen LogP contribution is 2.27. The van der Waals surface area contributed by atoms with Gasteiger partial charge in [0.2, 0.25) is 11.0 Å². The van der Waals surface area contributed by atoms with Crippen LogP contribution in [-0.4, -0.2) is 25.0 Å². The van der Waals surface area contributed by atoms with Crippen molar-refractivity contribution in [2.24, 2.45) is 0 Å². The Balaban J connectivity index is 1.73. The summed E-state index contributed by atoms with van der Waals surface area (Å²) in [6.45, 7) is 7.92. The van der Waals surface area contributed by atoms with E-state index in [0.717, 1.165) is 11.3 Å². The molecule has 0 saturated heterocycles. The summed E-state index contributed by atoms with van der Waals surface area (Å²) in [5.41, 5.74) is 0.650. The van der Waals surface area contributed by atoms with E-state index in [4.69, 9.17) is 14.8 Å². The fourth-order valence-corrected chi connectivity index (χ4v) is 2.62. The van der Waals surface area contributed by atoms with Crippen molar-refractivity contribution < 1.29 is 8.94 Å². The molecule has 3 heterocycles. The second-order valence-corrected chi connectivity index (χ2v) is 7.06. The fraction of sp³-hybridized carbons (Fsp3) is 0.429. The van der Waals surface area contributed by atoms with Gasteiger partial charge in [0.1, 0.15) is 5.76 Å². The molecule has 0 amide bonds. The first-order valence-corrected chi connectivity index (χ1v) is 8.05. The van der Waals surface area contributed by atoms with Gasteiger partial charge in [-0.15, -0.1) is 10.2 Å². The van der Waals surface area contributed by atoms with Gasteiger partial charge in [0, 0.05) is 5.41 Å². The molecule has 2 N–H and O–H groups in total. The van der Waals surface area contributed by atoms with Crippen LogP contribution in [0.1, 0.15) is 38.2 Å². The van der Waals surface area contributed by atoms with Crippen LogP contribution in [0.2, 0.25) is 0 Å². The fourth-order valence-electron chi connectivity index (χ4n) is 1.92. The van der Waals surface area contributed by atoms with E-state index in [0.29, 0.717) is 28.4 Å². The number of aromatic nitrogens is 5. The van der Waals surface area contributed by atoms with Gasteiger partial charge in [-0.2, -0.15) is 4.98 Å². The van der Waals surface area contributed by atoms with Crippen LogP contribution in [0.15, 0.2) is 26.4 Å². The molecular weight excluding hydrogens is 316 g/mol. The number of furan rings is 1. The molecule has 0 aliphatic heterocycles. The average molecular weight is 334 g/mol. The maximum atomic E-state index is 6.07. The second kappa shape index (κ2) is 5.73. The summed E-state index contributed by atoms with van der Waals surface area (Å²) in [6, 6.07) is 1.81. The van der Waals surface area contributed by atoms with Crippen LogP contribution < -0.4 is 5.84 Å². The Bertz CT molecular complexity index is 813. The summed E-state index contributed by atoms with van der Waals surface area (Å²) in [5.74, 6) is 9.08. The van der Waals surface area contributed by atoms with E-state index in [1.807, 2.05) is 33.8 Å². The lowest BCUT2D eigenvalue weighted by Crippen LogP contribution is -2.12. The summed E-state index contributed by atoms with van der Waals surface area (Å²) in [6.07, 6.45) is 1.60. The molecule has 3 aromatic heterocycles. The van der Waals surface area contributed by atoms with Crippen molar-refractivity contribution in [2.75, 3.05) is 5.84 Å². The monoisotopic (exact) mass is 334 g/mol. The van der Waals surface area contributed by atoms with Crippen LogP contribution in [0.4, 0.5) is 0 Å². The number of hydrogen-bond donors (Lipinski definition) is 1. The van der Waals surface area contributed by atoms with Gasteiger partial charge in [-0.3, -0.25) is 0 Å². The van der Waals surface area contributed by atoms with E-state index in [1.165, 1.54) is 16.4 Å². The van der Waals surface area contributed by atoms with Crippen LogP contribution in [0.5, 0.6) is 0 Å². The molecule has 0 spiro atoms. The standard InChI is InChI=1S/C14H18N6O2S/c1-8-9(5-6-21-8)11-17-18-13(20(11)15)23-7-10-16-12(22-19-10)14(2,3)4/h5-6H,7,15H2,1-4H3. The van der Waals surface area contributed by atoms with Gasteiger partial charge in [0.25, 0.3) is 0 Å². The van der Waals surface area contributed by atoms with E-state index in [-0.39, 0.29) is 5.41 Å². The van der Waals surface area contributed by atoms with Crippen LogP contribution >= 0.6 is 11.8 Å². The predicted molar refractivity (Wildman–Crippen MR) is 85.2 cm³/mol. The third kappa shape index (κ3) is 3.09. The van der Waals surface area contributed by atoms with Crippen LogP contribution in [0, 0.1) is 6.92 Å². The molecule has 0 aromatic carbocycles. The molecule has 0 bridgehead atoms. The van der Waals surface area contributed by atoms with Crippen molar-refractivity contribution in [3.63, 3.8) is 0 Å². The number of nitrogens with two attached hydrogens (primary N) is 1. The lowest BCUT2D eigenvalue weighted by Gasteiger charge is -2.10. The first kappa shape index (κ1) is 15.6. The van der Waals surface area contributed by atoms with E-state index in [2.05, 4.69) is 20.3 Å². The van der Waals surface area contributed by atoms with Gasteiger partial charge in [0.05, 0.1) is 17.6 Å². The second-order valence-electron chi connectivity index (χ2n) is 6.12. The lowest BCUT2D eigenvalue weighted by molar-refractivity contribution is 0.319. The van der Waals surface area contributed by atoms with E-state index in [9.17, 15) is 0 Å². The summed E-state index contributed by atoms with van der Waals surface area (Å²) in [4.78, 5) is 4.39. The molecule has 0 aliphatic carbocycles. The van der Waals surface area contributed by atoms with Crippen molar-refractivity contribution in [3.05, 3.63) is 29.8 Å². The zero-order valence-corrected chi connectivity index (χ0v) is 14.2. The minimum absolute atomic E-state index is 0.171. The largest absolute Gasteiger partial charge is 0.469 e. The van der Waals surface area contributed by atoms with Gasteiger partial charge in [-0.1, -0.05) is 37.7 Å². The SMILES string of the molecule is Cc1occc1-c1nnc(SCc2noc(C(C)(C)C)n2)n1N. The van der Waals surface area contributed by atoms with Crippen molar-refractivity contribution in [1.29, 1.82) is 0 Å². The topological polar surface area (TPSA) is 109 Å². The highest BCUT2D eigenvalue weighted by molar-refractivity contribution is 7.98. The van der Waals surface area contributed by atoms with E-state index < -0.39 is 0 Å². The quantitative estimate of drug-likeness (QED) is 0.572. The maximum absolute atomic E-state index is 6.07. The van der Waals surface area contributed by atoms with Crippen molar-refractivity contribution in [1.82, 2.24) is 25.0 Å². The Kier molecular flexibility index (Phi) is 3.88. The Morgan fingerprint density at radius 2 is 2.09 bits per heavy atom. The molecule has 0 radical (unpaired) electrons. The summed E-state index contributed by atoms with van der Waals surface area (Å²) < 4.78 is 12.0. The molecule has 8 nitrogen and oxygen atoms in total. The Hall–Kier alpha value is -2.29. The first-order valence-electron chi connectivity index (χ1n) is 7.07. The number of thioether (sulfide) groups is 1. The molecule has 0 unspecified atom stereocenters. The van der Waals surface area contributed by atoms with Crippen LogP contribution in [-0.2, 0) is 11.2 Å². The smallest absolute Gasteiger partial charge is 0.232 e. The third-order valence-electron chi connectivity index (χ3n) is 3.20. The van der Waals surface area contributed by atoms with Crippen molar-refractivity contribution in [2.45, 2.75) is 44.0 Å². The maximum Gasteiger partial charge on any atom is 0.232 e. The number of nitrogens with zero attached hydrogens (tertiary/aromatic N) is 5. The lowest BCUT2D eigenvalue weighted by atomic mass is 9.97. The normalized spacial score (nSPS) is 12.0. The van der Waals surface area contributed by atoms with Gasteiger partial charge < -0.3 is 14.8 Å². The Labute approximate surface area is 137 Å². The molecule has 9 heteroatoms. The van der Waals surface area contributed by atoms with E-state index in [1.54, 1.807) is 6.26 Å². The molecule has 3 aromatic rings. The number of hydrogen-bond acceptors (Lipinski definition) is 8. The predicted octanol–water partition coefficient (Wildman–Crippen LogP) is 2.53. The first-order chi connectivity index (χ1) is 10.9. The summed E-state index contributed by atoms with van der Waals surface area (Å²) in [5, 5.41) is 12.8. The molecule has 0 aliphatic rings. The van der Waals surface area contributed by atoms with Gasteiger partial charge in [-0.05, 0) is 13.0 Å². The molecule has 3 rings (SSSR count). The van der Waals surface area contributed by atoms with Gasteiger partial charge >= 0.3 is 0 Å². The highest BCUT2D eigenvalue weighted by Gasteiger charge is 2.22. The van der Waals surface area contributed by atoms with Crippen LogP contribution in [0.3, 0.4) is 0 Å². The van der Waals surface area contributed by atoms with Gasteiger partial charge in [-0.25, -0.2) is 4.68 Å². The zero-order valence-electron chi connectivity index (χ0n) is 13.4. The van der Waals surface area contributed by atoms with E-state index >= 15 is 0 Å². The Morgan fingerprint density at radius 1 is 1.30 bits per heavy atom. The molecule has 0 fully saturated rings. The average Bonchev–Trinajstić information content (AvgIpc) is 3.17.